The van der Waals surface area contributed by atoms with Crippen LogP contribution in [0.5, 0.6) is 0 Å². The number of amidine groups is 1. The number of thioether (sulfide) groups is 1. The molecule has 3 rings (SSSR count). The van der Waals surface area contributed by atoms with E-state index in [0.29, 0.717) is 5.69 Å². The van der Waals surface area contributed by atoms with Gasteiger partial charge in [0.1, 0.15) is 5.82 Å². The van der Waals surface area contributed by atoms with Gasteiger partial charge in [-0.3, -0.25) is 5.41 Å². The Balaban J connectivity index is 2.02. The van der Waals surface area contributed by atoms with E-state index < -0.39 is 15.7 Å². The van der Waals surface area contributed by atoms with Crippen LogP contribution in [0.15, 0.2) is 24.3 Å². The summed E-state index contributed by atoms with van der Waals surface area (Å²) in [4.78, 5) is 1.51. The van der Waals surface area contributed by atoms with Gasteiger partial charge in [-0.15, -0.1) is 0 Å². The Kier molecular flexibility index (Phi) is 2.63. The molecule has 2 atom stereocenters. The maximum atomic E-state index is 13.8. The van der Waals surface area contributed by atoms with Crippen molar-refractivity contribution in [3.8, 4) is 0 Å². The largest absolute Gasteiger partial charge is 0.313 e. The quantitative estimate of drug-likeness (QED) is 0.849. The van der Waals surface area contributed by atoms with Crippen molar-refractivity contribution < 1.29 is 12.8 Å². The fourth-order valence-corrected chi connectivity index (χ4v) is 6.22. The third-order valence-electron chi connectivity index (χ3n) is 3.20. The zero-order chi connectivity index (χ0) is 12.9. The maximum absolute atomic E-state index is 13.8. The van der Waals surface area contributed by atoms with Crippen LogP contribution in [0.2, 0.25) is 0 Å². The summed E-state index contributed by atoms with van der Waals surface area (Å²) >= 11 is 1.21. The summed E-state index contributed by atoms with van der Waals surface area (Å²) in [6, 6.07) is 5.85. The molecule has 2 unspecified atom stereocenters. The minimum atomic E-state index is -3.06. The normalized spacial score (nSPS) is 29.6. The molecule has 2 heterocycles. The molecular formula is C11H11FN2O2S2. The Bertz CT molecular complexity index is 617. The Hall–Kier alpha value is -1.08. The molecule has 0 bridgehead atoms. The van der Waals surface area contributed by atoms with Crippen molar-refractivity contribution in [3.63, 3.8) is 0 Å². The summed E-state index contributed by atoms with van der Waals surface area (Å²) in [7, 11) is -3.06. The Morgan fingerprint density at radius 2 is 2.06 bits per heavy atom. The van der Waals surface area contributed by atoms with E-state index in [9.17, 15) is 12.8 Å². The van der Waals surface area contributed by atoms with Gasteiger partial charge < -0.3 is 4.90 Å². The highest BCUT2D eigenvalue weighted by atomic mass is 32.2. The number of hydrogen-bond donors (Lipinski definition) is 1. The van der Waals surface area contributed by atoms with Gasteiger partial charge in [0.15, 0.2) is 15.0 Å². The number of anilines is 1. The second kappa shape index (κ2) is 3.96. The van der Waals surface area contributed by atoms with Crippen LogP contribution in [0.25, 0.3) is 0 Å². The number of hydrogen-bond acceptors (Lipinski definition) is 4. The molecule has 0 spiro atoms. The highest BCUT2D eigenvalue weighted by molar-refractivity contribution is 8.15. The monoisotopic (exact) mass is 286 g/mol. The van der Waals surface area contributed by atoms with E-state index in [0.717, 1.165) is 0 Å². The molecule has 0 aliphatic carbocycles. The topological polar surface area (TPSA) is 61.2 Å². The summed E-state index contributed by atoms with van der Waals surface area (Å²) in [6.45, 7) is 0. The van der Waals surface area contributed by atoms with Gasteiger partial charge >= 0.3 is 0 Å². The van der Waals surface area contributed by atoms with Crippen LogP contribution >= 0.6 is 11.8 Å². The lowest BCUT2D eigenvalue weighted by atomic mass is 10.2. The first-order chi connectivity index (χ1) is 8.48. The lowest BCUT2D eigenvalue weighted by Crippen LogP contribution is -2.37. The van der Waals surface area contributed by atoms with Crippen LogP contribution in [0.3, 0.4) is 0 Å². The van der Waals surface area contributed by atoms with Crippen LogP contribution in [-0.4, -0.2) is 36.4 Å². The lowest BCUT2D eigenvalue weighted by Gasteiger charge is -2.24. The fourth-order valence-electron chi connectivity index (χ4n) is 2.44. The molecule has 1 aromatic carbocycles. The van der Waals surface area contributed by atoms with Crippen LogP contribution in [0, 0.1) is 11.2 Å². The standard InChI is InChI=1S/C11H11FN2O2S2/c12-7-3-1-2-4-8(7)14-9-5-18(15,16)6-10(9)17-11(14)13/h1-4,9-10,13H,5-6H2. The number of benzene rings is 1. The van der Waals surface area contributed by atoms with Crippen LogP contribution in [-0.2, 0) is 9.84 Å². The van der Waals surface area contributed by atoms with Crippen molar-refractivity contribution >= 4 is 32.5 Å². The summed E-state index contributed by atoms with van der Waals surface area (Å²) in [5.74, 6) is -0.343. The minimum Gasteiger partial charge on any atom is -0.313 e. The number of fused-ring (bicyclic) bond motifs is 1. The average molecular weight is 286 g/mol. The number of nitrogens with zero attached hydrogens (tertiary/aromatic N) is 1. The van der Waals surface area contributed by atoms with Crippen molar-refractivity contribution in [1.82, 2.24) is 0 Å². The first kappa shape index (κ1) is 12.0. The van der Waals surface area contributed by atoms with E-state index >= 15 is 0 Å². The molecule has 0 saturated carbocycles. The fraction of sp³-hybridized carbons (Fsp3) is 0.364. The Morgan fingerprint density at radius 3 is 2.78 bits per heavy atom. The van der Waals surface area contributed by atoms with Gasteiger partial charge in [-0.2, -0.15) is 0 Å². The SMILES string of the molecule is N=C1SC2CS(=O)(=O)CC2N1c1ccccc1F. The van der Waals surface area contributed by atoms with E-state index in [2.05, 4.69) is 0 Å². The predicted octanol–water partition coefficient (Wildman–Crippen LogP) is 1.48. The molecular weight excluding hydrogens is 275 g/mol. The highest BCUT2D eigenvalue weighted by Gasteiger charge is 2.49. The number of sulfone groups is 1. The van der Waals surface area contributed by atoms with Gasteiger partial charge in [0.05, 0.1) is 23.2 Å². The second-order valence-corrected chi connectivity index (χ2v) is 7.81. The minimum absolute atomic E-state index is 0.00137. The Labute approximate surface area is 109 Å². The predicted molar refractivity (Wildman–Crippen MR) is 70.4 cm³/mol. The second-order valence-electron chi connectivity index (χ2n) is 4.43. The molecule has 2 saturated heterocycles. The molecule has 1 aromatic rings. The number of rotatable bonds is 1. The third kappa shape index (κ3) is 1.81. The molecule has 0 radical (unpaired) electrons. The highest BCUT2D eigenvalue weighted by Crippen LogP contribution is 2.40. The van der Waals surface area contributed by atoms with Crippen molar-refractivity contribution in [1.29, 1.82) is 5.41 Å². The van der Waals surface area contributed by atoms with Crippen molar-refractivity contribution in [2.45, 2.75) is 11.3 Å². The molecule has 0 amide bonds. The van der Waals surface area contributed by atoms with E-state index in [1.807, 2.05) is 0 Å². The van der Waals surface area contributed by atoms with Crippen molar-refractivity contribution in [2.75, 3.05) is 16.4 Å². The molecule has 4 nitrogen and oxygen atoms in total. The summed E-state index contributed by atoms with van der Waals surface area (Å²) < 4.78 is 37.0. The van der Waals surface area contributed by atoms with Crippen molar-refractivity contribution in [2.24, 2.45) is 0 Å². The molecule has 7 heteroatoms. The Morgan fingerprint density at radius 1 is 1.33 bits per heavy atom. The maximum Gasteiger partial charge on any atom is 0.161 e. The average Bonchev–Trinajstić information content (AvgIpc) is 2.70. The van der Waals surface area contributed by atoms with E-state index in [-0.39, 0.29) is 28.0 Å². The first-order valence-corrected chi connectivity index (χ1v) is 8.17. The van der Waals surface area contributed by atoms with Crippen LogP contribution < -0.4 is 4.90 Å². The molecule has 18 heavy (non-hydrogen) atoms. The van der Waals surface area contributed by atoms with E-state index in [1.54, 1.807) is 18.2 Å². The van der Waals surface area contributed by atoms with Crippen LogP contribution in [0.1, 0.15) is 0 Å². The van der Waals surface area contributed by atoms with Gasteiger partial charge in [0.2, 0.25) is 0 Å². The number of nitrogens with one attached hydrogen (secondary N) is 1. The van der Waals surface area contributed by atoms with E-state index in [4.69, 9.17) is 5.41 Å². The van der Waals surface area contributed by atoms with Gasteiger partial charge in [-0.1, -0.05) is 23.9 Å². The summed E-state index contributed by atoms with van der Waals surface area (Å²) in [6.07, 6.45) is 0. The molecule has 2 fully saturated rings. The molecule has 96 valence electrons. The smallest absolute Gasteiger partial charge is 0.161 e. The van der Waals surface area contributed by atoms with Gasteiger partial charge in [-0.05, 0) is 12.1 Å². The number of para-hydroxylation sites is 1. The third-order valence-corrected chi connectivity index (χ3v) is 6.33. The van der Waals surface area contributed by atoms with Crippen LogP contribution in [0.4, 0.5) is 10.1 Å². The summed E-state index contributed by atoms with van der Waals surface area (Å²) in [5.41, 5.74) is 0.291. The molecule has 0 aromatic heterocycles. The first-order valence-electron chi connectivity index (χ1n) is 5.47. The molecule has 2 aliphatic rings. The van der Waals surface area contributed by atoms with Gasteiger partial charge in [-0.25, -0.2) is 12.8 Å². The summed E-state index contributed by atoms with van der Waals surface area (Å²) in [5, 5.41) is 7.97. The van der Waals surface area contributed by atoms with E-state index in [1.165, 1.54) is 22.7 Å². The molecule has 1 N–H and O–H groups in total. The zero-order valence-electron chi connectivity index (χ0n) is 9.34. The zero-order valence-corrected chi connectivity index (χ0v) is 11.0. The van der Waals surface area contributed by atoms with Gasteiger partial charge in [0, 0.05) is 5.25 Å². The van der Waals surface area contributed by atoms with Crippen molar-refractivity contribution in [3.05, 3.63) is 30.1 Å². The number of halogens is 1. The van der Waals surface area contributed by atoms with Gasteiger partial charge in [0.25, 0.3) is 0 Å². The molecule has 2 aliphatic heterocycles. The lowest BCUT2D eigenvalue weighted by molar-refractivity contribution is 0.600.